The predicted molar refractivity (Wildman–Crippen MR) is 83.0 cm³/mol. The second kappa shape index (κ2) is 6.61. The highest BCUT2D eigenvalue weighted by Crippen LogP contribution is 2.30. The molecule has 1 heterocycles. The fourth-order valence-corrected chi connectivity index (χ4v) is 3.03. The first-order valence-electron chi connectivity index (χ1n) is 6.87. The SMILES string of the molecule is CCCC(=O)N(CC)c1nnc(-c2ccccc2C)s1. The van der Waals surface area contributed by atoms with Crippen LogP contribution in [-0.4, -0.2) is 22.6 Å². The molecule has 20 heavy (non-hydrogen) atoms. The second-order valence-electron chi connectivity index (χ2n) is 4.59. The van der Waals surface area contributed by atoms with Crippen molar-refractivity contribution in [1.82, 2.24) is 10.2 Å². The Morgan fingerprint density at radius 2 is 2.00 bits per heavy atom. The van der Waals surface area contributed by atoms with Crippen molar-refractivity contribution in [2.45, 2.75) is 33.6 Å². The van der Waals surface area contributed by atoms with Crippen molar-refractivity contribution in [1.29, 1.82) is 0 Å². The van der Waals surface area contributed by atoms with Gasteiger partial charge in [0.1, 0.15) is 5.01 Å². The quantitative estimate of drug-likeness (QED) is 0.843. The molecule has 4 nitrogen and oxygen atoms in total. The Bertz CT molecular complexity index is 594. The number of rotatable bonds is 5. The van der Waals surface area contributed by atoms with Gasteiger partial charge in [-0.1, -0.05) is 42.5 Å². The molecule has 2 rings (SSSR count). The van der Waals surface area contributed by atoms with Gasteiger partial charge in [-0.3, -0.25) is 9.69 Å². The maximum atomic E-state index is 12.1. The summed E-state index contributed by atoms with van der Waals surface area (Å²) in [5.41, 5.74) is 2.24. The molecule has 0 bridgehead atoms. The Labute approximate surface area is 123 Å². The Balaban J connectivity index is 2.28. The van der Waals surface area contributed by atoms with E-state index in [0.717, 1.165) is 22.6 Å². The van der Waals surface area contributed by atoms with Crippen LogP contribution in [0.4, 0.5) is 5.13 Å². The van der Waals surface area contributed by atoms with Crippen LogP contribution in [0.15, 0.2) is 24.3 Å². The smallest absolute Gasteiger partial charge is 0.228 e. The fourth-order valence-electron chi connectivity index (χ4n) is 2.01. The number of amides is 1. The molecule has 0 fully saturated rings. The molecule has 2 aromatic rings. The molecule has 0 radical (unpaired) electrons. The van der Waals surface area contributed by atoms with Gasteiger partial charge in [-0.2, -0.15) is 0 Å². The lowest BCUT2D eigenvalue weighted by molar-refractivity contribution is -0.118. The molecule has 0 aliphatic rings. The van der Waals surface area contributed by atoms with Crippen LogP contribution >= 0.6 is 11.3 Å². The van der Waals surface area contributed by atoms with E-state index in [4.69, 9.17) is 0 Å². The monoisotopic (exact) mass is 289 g/mol. The lowest BCUT2D eigenvalue weighted by Gasteiger charge is -2.16. The van der Waals surface area contributed by atoms with Gasteiger partial charge in [0.15, 0.2) is 0 Å². The van der Waals surface area contributed by atoms with E-state index in [1.54, 1.807) is 4.90 Å². The van der Waals surface area contributed by atoms with Gasteiger partial charge in [-0.05, 0) is 25.8 Å². The summed E-state index contributed by atoms with van der Waals surface area (Å²) in [6.45, 7) is 6.64. The van der Waals surface area contributed by atoms with Gasteiger partial charge in [0, 0.05) is 18.5 Å². The normalized spacial score (nSPS) is 10.6. The van der Waals surface area contributed by atoms with Gasteiger partial charge < -0.3 is 0 Å². The number of aromatic nitrogens is 2. The van der Waals surface area contributed by atoms with Gasteiger partial charge in [0.05, 0.1) is 0 Å². The number of benzene rings is 1. The van der Waals surface area contributed by atoms with Crippen molar-refractivity contribution in [2.24, 2.45) is 0 Å². The number of carbonyl (C=O) groups is 1. The topological polar surface area (TPSA) is 46.1 Å². The molecular formula is C15H19N3OS. The van der Waals surface area contributed by atoms with Crippen LogP contribution in [0, 0.1) is 6.92 Å². The lowest BCUT2D eigenvalue weighted by Crippen LogP contribution is -2.30. The van der Waals surface area contributed by atoms with Crippen molar-refractivity contribution in [3.05, 3.63) is 29.8 Å². The summed E-state index contributed by atoms with van der Waals surface area (Å²) < 4.78 is 0. The first-order chi connectivity index (χ1) is 9.67. The molecule has 0 aliphatic heterocycles. The van der Waals surface area contributed by atoms with Gasteiger partial charge in [-0.25, -0.2) is 0 Å². The van der Waals surface area contributed by atoms with Crippen LogP contribution in [0.2, 0.25) is 0 Å². The summed E-state index contributed by atoms with van der Waals surface area (Å²) >= 11 is 1.47. The summed E-state index contributed by atoms with van der Waals surface area (Å²) in [6, 6.07) is 8.08. The Morgan fingerprint density at radius 3 is 2.65 bits per heavy atom. The molecule has 1 aromatic carbocycles. The summed E-state index contributed by atoms with van der Waals surface area (Å²) in [6.07, 6.45) is 1.39. The predicted octanol–water partition coefficient (Wildman–Crippen LogP) is 3.67. The van der Waals surface area contributed by atoms with Crippen molar-refractivity contribution in [3.63, 3.8) is 0 Å². The third kappa shape index (κ3) is 3.04. The van der Waals surface area contributed by atoms with E-state index >= 15 is 0 Å². The maximum Gasteiger partial charge on any atom is 0.228 e. The van der Waals surface area contributed by atoms with Gasteiger partial charge in [0.25, 0.3) is 0 Å². The highest BCUT2D eigenvalue weighted by molar-refractivity contribution is 7.18. The number of carbonyl (C=O) groups excluding carboxylic acids is 1. The molecular weight excluding hydrogens is 270 g/mol. The molecule has 0 N–H and O–H groups in total. The van der Waals surface area contributed by atoms with E-state index < -0.39 is 0 Å². The van der Waals surface area contributed by atoms with Crippen LogP contribution < -0.4 is 4.90 Å². The van der Waals surface area contributed by atoms with Gasteiger partial charge >= 0.3 is 0 Å². The fraction of sp³-hybridized carbons (Fsp3) is 0.400. The van der Waals surface area contributed by atoms with E-state index in [1.165, 1.54) is 11.3 Å². The molecule has 0 unspecified atom stereocenters. The molecule has 106 valence electrons. The molecule has 1 aromatic heterocycles. The summed E-state index contributed by atoms with van der Waals surface area (Å²) in [5, 5.41) is 9.96. The van der Waals surface area contributed by atoms with Crippen molar-refractivity contribution in [2.75, 3.05) is 11.4 Å². The molecule has 0 aliphatic carbocycles. The molecule has 0 spiro atoms. The number of nitrogens with zero attached hydrogens (tertiary/aromatic N) is 3. The zero-order valence-electron chi connectivity index (χ0n) is 12.1. The maximum absolute atomic E-state index is 12.1. The van der Waals surface area contributed by atoms with E-state index in [0.29, 0.717) is 18.1 Å². The standard InChI is InChI=1S/C15H19N3OS/c1-4-8-13(19)18(5-2)15-17-16-14(20-15)12-10-7-6-9-11(12)3/h6-7,9-10H,4-5,8H2,1-3H3. The minimum Gasteiger partial charge on any atom is -0.287 e. The van der Waals surface area contributed by atoms with Crippen LogP contribution in [0.1, 0.15) is 32.3 Å². The molecule has 0 atom stereocenters. The number of hydrogen-bond donors (Lipinski definition) is 0. The Kier molecular flexibility index (Phi) is 4.84. The Hall–Kier alpha value is -1.75. The second-order valence-corrected chi connectivity index (χ2v) is 5.55. The van der Waals surface area contributed by atoms with Crippen molar-refractivity contribution < 1.29 is 4.79 Å². The molecule has 5 heteroatoms. The van der Waals surface area contributed by atoms with Gasteiger partial charge in [0.2, 0.25) is 11.0 Å². The first-order valence-corrected chi connectivity index (χ1v) is 7.68. The lowest BCUT2D eigenvalue weighted by atomic mass is 10.1. The first kappa shape index (κ1) is 14.7. The summed E-state index contributed by atoms with van der Waals surface area (Å²) in [7, 11) is 0. The molecule has 0 saturated carbocycles. The van der Waals surface area contributed by atoms with Crippen LogP contribution in [0.3, 0.4) is 0 Å². The molecule has 1 amide bonds. The van der Waals surface area contributed by atoms with E-state index in [9.17, 15) is 4.79 Å². The Morgan fingerprint density at radius 1 is 1.25 bits per heavy atom. The van der Waals surface area contributed by atoms with E-state index in [2.05, 4.69) is 23.2 Å². The minimum absolute atomic E-state index is 0.113. The van der Waals surface area contributed by atoms with E-state index in [-0.39, 0.29) is 5.91 Å². The van der Waals surface area contributed by atoms with Crippen LogP contribution in [0.5, 0.6) is 0 Å². The summed E-state index contributed by atoms with van der Waals surface area (Å²) in [5.74, 6) is 0.113. The van der Waals surface area contributed by atoms with Crippen molar-refractivity contribution in [3.8, 4) is 10.6 Å². The number of hydrogen-bond acceptors (Lipinski definition) is 4. The van der Waals surface area contributed by atoms with Gasteiger partial charge in [-0.15, -0.1) is 10.2 Å². The highest BCUT2D eigenvalue weighted by atomic mass is 32.1. The number of anilines is 1. The number of aryl methyl sites for hydroxylation is 1. The zero-order chi connectivity index (χ0) is 14.5. The summed E-state index contributed by atoms with van der Waals surface area (Å²) in [4.78, 5) is 13.8. The minimum atomic E-state index is 0.113. The molecule has 0 saturated heterocycles. The van der Waals surface area contributed by atoms with Crippen LogP contribution in [-0.2, 0) is 4.79 Å². The average Bonchev–Trinajstić information content (AvgIpc) is 2.90. The van der Waals surface area contributed by atoms with Crippen molar-refractivity contribution >= 4 is 22.4 Å². The average molecular weight is 289 g/mol. The highest BCUT2D eigenvalue weighted by Gasteiger charge is 2.18. The third-order valence-corrected chi connectivity index (χ3v) is 4.08. The van der Waals surface area contributed by atoms with Crippen LogP contribution in [0.25, 0.3) is 10.6 Å². The largest absolute Gasteiger partial charge is 0.287 e. The zero-order valence-corrected chi connectivity index (χ0v) is 12.9. The van der Waals surface area contributed by atoms with E-state index in [1.807, 2.05) is 32.0 Å². The third-order valence-electron chi connectivity index (χ3n) is 3.10.